The fourth-order valence-corrected chi connectivity index (χ4v) is 5.11. The van der Waals surface area contributed by atoms with Gasteiger partial charge in [0.1, 0.15) is 11.9 Å². The molecule has 1 fully saturated rings. The highest BCUT2D eigenvalue weighted by atomic mass is 16.5. The van der Waals surface area contributed by atoms with E-state index < -0.39 is 0 Å². The van der Waals surface area contributed by atoms with Crippen LogP contribution in [0.25, 0.3) is 0 Å². The first-order chi connectivity index (χ1) is 12.1. The van der Waals surface area contributed by atoms with Crippen LogP contribution < -0.4 is 10.1 Å². The molecule has 1 aliphatic carbocycles. The van der Waals surface area contributed by atoms with Gasteiger partial charge in [0.25, 0.3) is 0 Å². The summed E-state index contributed by atoms with van der Waals surface area (Å²) in [6, 6.07) is 10.1. The summed E-state index contributed by atoms with van der Waals surface area (Å²) < 4.78 is 11.9. The van der Waals surface area contributed by atoms with E-state index in [1.165, 1.54) is 5.70 Å². The summed E-state index contributed by atoms with van der Waals surface area (Å²) in [4.78, 5) is 2.42. The summed E-state index contributed by atoms with van der Waals surface area (Å²) in [5.41, 5.74) is 1.57. The molecule has 0 saturated carbocycles. The van der Waals surface area contributed by atoms with Crippen LogP contribution in [0.2, 0.25) is 0 Å². The van der Waals surface area contributed by atoms with E-state index in [9.17, 15) is 0 Å². The number of para-hydroxylation sites is 1. The van der Waals surface area contributed by atoms with Crippen molar-refractivity contribution in [1.29, 1.82) is 0 Å². The van der Waals surface area contributed by atoms with Crippen LogP contribution in [0.1, 0.15) is 19.8 Å². The first kappa shape index (κ1) is 16.5. The quantitative estimate of drug-likeness (QED) is 0.891. The average Bonchev–Trinajstić information content (AvgIpc) is 3.12. The van der Waals surface area contributed by atoms with Crippen molar-refractivity contribution in [2.45, 2.75) is 32.0 Å². The molecule has 4 nitrogen and oxygen atoms in total. The van der Waals surface area contributed by atoms with Gasteiger partial charge in [0.15, 0.2) is 0 Å². The number of hydrogen-bond acceptors (Lipinski definition) is 4. The standard InChI is InChI=1S/C21H28N2O2/c1-21-12-13-22-20(21)23(2)17-9-10-18(24-3)16(19(17)21)11-14-25-15-7-5-4-6-8-15/h4-9,12-13,16,18-20,22H,10-11,14H2,1-3H3. The molecule has 2 aliphatic heterocycles. The van der Waals surface area contributed by atoms with Gasteiger partial charge in [-0.05, 0) is 37.1 Å². The summed E-state index contributed by atoms with van der Waals surface area (Å²) >= 11 is 0. The van der Waals surface area contributed by atoms with Gasteiger partial charge in [-0.25, -0.2) is 0 Å². The van der Waals surface area contributed by atoms with E-state index in [0.717, 1.165) is 25.2 Å². The zero-order valence-electron chi connectivity index (χ0n) is 15.3. The van der Waals surface area contributed by atoms with E-state index >= 15 is 0 Å². The molecule has 25 heavy (non-hydrogen) atoms. The Balaban J connectivity index is 1.54. The molecule has 3 aliphatic rings. The molecule has 134 valence electrons. The van der Waals surface area contributed by atoms with Crippen molar-refractivity contribution < 1.29 is 9.47 Å². The summed E-state index contributed by atoms with van der Waals surface area (Å²) in [5.74, 6) is 1.86. The van der Waals surface area contributed by atoms with Crippen LogP contribution in [0.5, 0.6) is 5.75 Å². The molecule has 0 spiro atoms. The zero-order chi connectivity index (χ0) is 17.4. The number of ether oxygens (including phenoxy) is 2. The molecule has 5 atom stereocenters. The Morgan fingerprint density at radius 2 is 2.08 bits per heavy atom. The van der Waals surface area contributed by atoms with E-state index in [1.54, 1.807) is 0 Å². The van der Waals surface area contributed by atoms with Crippen LogP contribution in [0.4, 0.5) is 0 Å². The monoisotopic (exact) mass is 340 g/mol. The number of fused-ring (bicyclic) bond motifs is 3. The third-order valence-electron chi connectivity index (χ3n) is 6.30. The molecule has 4 heteroatoms. The number of allylic oxidation sites excluding steroid dienone is 1. The highest BCUT2D eigenvalue weighted by Crippen LogP contribution is 2.56. The summed E-state index contributed by atoms with van der Waals surface area (Å²) in [6.45, 7) is 3.10. The number of nitrogens with one attached hydrogen (secondary N) is 1. The van der Waals surface area contributed by atoms with Gasteiger partial charge in [-0.15, -0.1) is 0 Å². The van der Waals surface area contributed by atoms with Gasteiger partial charge in [-0.1, -0.05) is 37.3 Å². The van der Waals surface area contributed by atoms with Crippen LogP contribution in [-0.4, -0.2) is 37.9 Å². The molecular formula is C21H28N2O2. The molecule has 0 bridgehead atoms. The van der Waals surface area contributed by atoms with Gasteiger partial charge >= 0.3 is 0 Å². The van der Waals surface area contributed by atoms with Crippen LogP contribution in [0.3, 0.4) is 0 Å². The molecular weight excluding hydrogens is 312 g/mol. The highest BCUT2D eigenvalue weighted by Gasteiger charge is 2.57. The highest BCUT2D eigenvalue weighted by molar-refractivity contribution is 5.31. The lowest BCUT2D eigenvalue weighted by atomic mass is 9.66. The van der Waals surface area contributed by atoms with E-state index in [0.29, 0.717) is 18.0 Å². The number of methoxy groups -OCH3 is 1. The maximum Gasteiger partial charge on any atom is 0.119 e. The first-order valence-electron chi connectivity index (χ1n) is 9.22. The van der Waals surface area contributed by atoms with Gasteiger partial charge in [0, 0.05) is 31.2 Å². The van der Waals surface area contributed by atoms with Crippen LogP contribution in [0, 0.1) is 17.3 Å². The third-order valence-corrected chi connectivity index (χ3v) is 6.30. The Bertz CT molecular complexity index is 672. The van der Waals surface area contributed by atoms with Crippen molar-refractivity contribution in [2.24, 2.45) is 17.3 Å². The second kappa shape index (κ2) is 6.41. The second-order valence-corrected chi connectivity index (χ2v) is 7.61. The van der Waals surface area contributed by atoms with Gasteiger partial charge in [-0.2, -0.15) is 0 Å². The van der Waals surface area contributed by atoms with Gasteiger partial charge in [0.2, 0.25) is 0 Å². The Kier molecular flexibility index (Phi) is 4.24. The predicted octanol–water partition coefficient (Wildman–Crippen LogP) is 3.39. The molecule has 1 aromatic carbocycles. The second-order valence-electron chi connectivity index (χ2n) is 7.61. The van der Waals surface area contributed by atoms with E-state index in [1.807, 2.05) is 37.4 Å². The largest absolute Gasteiger partial charge is 0.494 e. The van der Waals surface area contributed by atoms with E-state index in [4.69, 9.17) is 9.47 Å². The third kappa shape index (κ3) is 2.63. The Morgan fingerprint density at radius 1 is 1.28 bits per heavy atom. The molecule has 0 amide bonds. The molecule has 5 unspecified atom stereocenters. The van der Waals surface area contributed by atoms with Crippen molar-refractivity contribution >= 4 is 0 Å². The maximum atomic E-state index is 6.00. The Labute approximate surface area is 150 Å². The molecule has 1 saturated heterocycles. The summed E-state index contributed by atoms with van der Waals surface area (Å²) in [7, 11) is 4.05. The summed E-state index contributed by atoms with van der Waals surface area (Å²) in [5, 5.41) is 3.53. The lowest BCUT2D eigenvalue weighted by molar-refractivity contribution is 0.00215. The Morgan fingerprint density at radius 3 is 2.84 bits per heavy atom. The number of hydrogen-bond donors (Lipinski definition) is 1. The smallest absolute Gasteiger partial charge is 0.119 e. The fraction of sp³-hybridized carbons (Fsp3) is 0.524. The summed E-state index contributed by atoms with van der Waals surface area (Å²) in [6.07, 6.45) is 9.43. The topological polar surface area (TPSA) is 33.7 Å². The lowest BCUT2D eigenvalue weighted by Crippen LogP contribution is -2.43. The fourth-order valence-electron chi connectivity index (χ4n) is 5.11. The minimum Gasteiger partial charge on any atom is -0.494 e. The average molecular weight is 340 g/mol. The number of rotatable bonds is 5. The Hall–Kier alpha value is -1.94. The van der Waals surface area contributed by atoms with Gasteiger partial charge < -0.3 is 19.7 Å². The minimum absolute atomic E-state index is 0.106. The van der Waals surface area contributed by atoms with Crippen LogP contribution in [-0.2, 0) is 4.74 Å². The lowest BCUT2D eigenvalue weighted by Gasteiger charge is -2.40. The normalized spacial score (nSPS) is 35.8. The van der Waals surface area contributed by atoms with Crippen molar-refractivity contribution in [2.75, 3.05) is 20.8 Å². The minimum atomic E-state index is 0.106. The molecule has 1 aromatic rings. The SMILES string of the molecule is COC1CC=C2C(C1CCOc1ccccc1)C1(C)C=CNC1N2C. The van der Waals surface area contributed by atoms with Crippen molar-refractivity contribution in [1.82, 2.24) is 10.2 Å². The molecule has 1 N–H and O–H groups in total. The molecule has 4 rings (SSSR count). The van der Waals surface area contributed by atoms with E-state index in [2.05, 4.69) is 42.5 Å². The van der Waals surface area contributed by atoms with E-state index in [-0.39, 0.29) is 11.5 Å². The number of benzene rings is 1. The first-order valence-corrected chi connectivity index (χ1v) is 9.22. The maximum absolute atomic E-state index is 6.00. The molecule has 0 aromatic heterocycles. The van der Waals surface area contributed by atoms with Crippen LogP contribution in [0.15, 0.2) is 54.4 Å². The van der Waals surface area contributed by atoms with Gasteiger partial charge in [-0.3, -0.25) is 0 Å². The predicted molar refractivity (Wildman–Crippen MR) is 99.0 cm³/mol. The number of likely N-dealkylation sites (tertiary alicyclic amines) is 1. The van der Waals surface area contributed by atoms with Gasteiger partial charge in [0.05, 0.1) is 12.7 Å². The van der Waals surface area contributed by atoms with Crippen molar-refractivity contribution in [3.8, 4) is 5.75 Å². The molecule has 0 radical (unpaired) electrons. The number of nitrogens with zero attached hydrogens (tertiary/aromatic N) is 1. The zero-order valence-corrected chi connectivity index (χ0v) is 15.3. The van der Waals surface area contributed by atoms with Crippen molar-refractivity contribution in [3.05, 3.63) is 54.4 Å². The van der Waals surface area contributed by atoms with Crippen molar-refractivity contribution in [3.63, 3.8) is 0 Å². The molecule has 2 heterocycles. The van der Waals surface area contributed by atoms with Crippen LogP contribution >= 0.6 is 0 Å².